The van der Waals surface area contributed by atoms with Gasteiger partial charge in [0.05, 0.1) is 24.8 Å². The summed E-state index contributed by atoms with van der Waals surface area (Å²) in [5.74, 6) is -1.53. The lowest BCUT2D eigenvalue weighted by Gasteiger charge is -2.33. The van der Waals surface area contributed by atoms with Crippen molar-refractivity contribution in [3.05, 3.63) is 11.5 Å². The highest BCUT2D eigenvalue weighted by Crippen LogP contribution is 2.48. The fourth-order valence-electron chi connectivity index (χ4n) is 4.18. The van der Waals surface area contributed by atoms with Gasteiger partial charge >= 0.3 is 12.1 Å². The SMILES string of the molecule is CC(=O)O[C@H]1[C@H](n2ncc3c(NC(=O)OC(C)(C)C)nc(Cl)nc32)O[C@H](CO)[C@]12COC(C)(C)O2. The number of fused-ring (bicyclic) bond motifs is 1. The third-order valence-corrected chi connectivity index (χ3v) is 5.59. The quantitative estimate of drug-likeness (QED) is 0.456. The zero-order chi connectivity index (χ0) is 25.8. The van der Waals surface area contributed by atoms with Crippen LogP contribution in [0.4, 0.5) is 10.6 Å². The summed E-state index contributed by atoms with van der Waals surface area (Å²) in [4.78, 5) is 32.7. The predicted octanol–water partition coefficient (Wildman–Crippen LogP) is 2.17. The Morgan fingerprint density at radius 3 is 2.63 bits per heavy atom. The zero-order valence-corrected chi connectivity index (χ0v) is 21.0. The molecule has 14 heteroatoms. The lowest BCUT2D eigenvalue weighted by molar-refractivity contribution is -0.198. The van der Waals surface area contributed by atoms with Gasteiger partial charge in [-0.15, -0.1) is 0 Å². The Balaban J connectivity index is 1.76. The minimum atomic E-state index is -1.30. The zero-order valence-electron chi connectivity index (χ0n) is 20.2. The molecule has 0 saturated carbocycles. The van der Waals surface area contributed by atoms with Crippen LogP contribution >= 0.6 is 11.6 Å². The number of aromatic nitrogens is 4. The van der Waals surface area contributed by atoms with Gasteiger partial charge in [0.2, 0.25) is 5.28 Å². The number of hydrogen-bond donors (Lipinski definition) is 2. The Hall–Kier alpha value is -2.58. The van der Waals surface area contributed by atoms with E-state index in [2.05, 4.69) is 20.4 Å². The smallest absolute Gasteiger partial charge is 0.413 e. The van der Waals surface area contributed by atoms with Gasteiger partial charge in [-0.25, -0.2) is 9.48 Å². The molecule has 0 bridgehead atoms. The first-order valence-corrected chi connectivity index (χ1v) is 11.3. The highest BCUT2D eigenvalue weighted by atomic mass is 35.5. The Kier molecular flexibility index (Phi) is 6.43. The summed E-state index contributed by atoms with van der Waals surface area (Å²) in [6.07, 6.45) is -2.37. The van der Waals surface area contributed by atoms with E-state index in [0.717, 1.165) is 0 Å². The van der Waals surface area contributed by atoms with E-state index in [4.69, 9.17) is 35.3 Å². The molecule has 35 heavy (non-hydrogen) atoms. The molecule has 192 valence electrons. The fourth-order valence-corrected chi connectivity index (χ4v) is 4.35. The predicted molar refractivity (Wildman–Crippen MR) is 121 cm³/mol. The molecule has 4 atom stereocenters. The summed E-state index contributed by atoms with van der Waals surface area (Å²) in [6, 6.07) is 0. The number of rotatable bonds is 4. The molecule has 1 spiro atoms. The molecule has 4 rings (SSSR count). The van der Waals surface area contributed by atoms with E-state index in [1.54, 1.807) is 34.6 Å². The van der Waals surface area contributed by atoms with Gasteiger partial charge in [0.25, 0.3) is 0 Å². The molecule has 2 fully saturated rings. The number of nitrogens with one attached hydrogen (secondary N) is 1. The molecular formula is C21H28ClN5O8. The Labute approximate surface area is 206 Å². The van der Waals surface area contributed by atoms with Crippen LogP contribution in [0.3, 0.4) is 0 Å². The maximum atomic E-state index is 12.3. The van der Waals surface area contributed by atoms with Crippen molar-refractivity contribution in [3.63, 3.8) is 0 Å². The second-order valence-corrected chi connectivity index (χ2v) is 10.1. The van der Waals surface area contributed by atoms with E-state index in [9.17, 15) is 14.7 Å². The molecule has 0 aliphatic carbocycles. The topological polar surface area (TPSA) is 156 Å². The molecule has 2 aromatic heterocycles. The largest absolute Gasteiger partial charge is 0.454 e. The minimum absolute atomic E-state index is 0.0000637. The van der Waals surface area contributed by atoms with Crippen molar-refractivity contribution >= 4 is 40.5 Å². The summed E-state index contributed by atoms with van der Waals surface area (Å²) >= 11 is 6.14. The van der Waals surface area contributed by atoms with E-state index >= 15 is 0 Å². The van der Waals surface area contributed by atoms with Crippen LogP contribution in [0.25, 0.3) is 11.0 Å². The number of amides is 1. The van der Waals surface area contributed by atoms with Crippen LogP contribution in [0.5, 0.6) is 0 Å². The first-order chi connectivity index (χ1) is 16.2. The Morgan fingerprint density at radius 2 is 2.06 bits per heavy atom. The second-order valence-electron chi connectivity index (χ2n) is 9.77. The van der Waals surface area contributed by atoms with E-state index < -0.39 is 54.1 Å². The van der Waals surface area contributed by atoms with E-state index in [0.29, 0.717) is 5.39 Å². The average Bonchev–Trinajstić information content (AvgIpc) is 3.35. The highest BCUT2D eigenvalue weighted by Gasteiger charge is 2.66. The standard InChI is InChI=1S/C21H28ClN5O8/c1-10(29)32-13-16(33-12(8-28)21(13)9-31-20(5,6)35-21)27-15-11(7-23-27)14(24-17(22)26-15)25-18(30)34-19(2,3)4/h7,12-13,16,28H,8-9H2,1-6H3,(H,24,25,26,30)/t12-,13+,16-,21-/m1/s1. The van der Waals surface area contributed by atoms with Gasteiger partial charge in [0.15, 0.2) is 35.2 Å². The number of ether oxygens (including phenoxy) is 5. The third-order valence-electron chi connectivity index (χ3n) is 5.42. The Bertz CT molecular complexity index is 1150. The maximum absolute atomic E-state index is 12.3. The van der Waals surface area contributed by atoms with Gasteiger partial charge in [0.1, 0.15) is 11.7 Å². The van der Waals surface area contributed by atoms with Crippen molar-refractivity contribution in [2.45, 2.75) is 77.0 Å². The summed E-state index contributed by atoms with van der Waals surface area (Å²) in [6.45, 7) is 9.41. The average molecular weight is 514 g/mol. The molecule has 4 heterocycles. The van der Waals surface area contributed by atoms with E-state index in [1.165, 1.54) is 17.8 Å². The van der Waals surface area contributed by atoms with Gasteiger partial charge in [-0.2, -0.15) is 15.1 Å². The summed E-state index contributed by atoms with van der Waals surface area (Å²) in [7, 11) is 0. The number of aliphatic hydroxyl groups is 1. The number of halogens is 1. The number of carbonyl (C=O) groups is 2. The number of aliphatic hydroxyl groups excluding tert-OH is 1. The van der Waals surface area contributed by atoms with Crippen molar-refractivity contribution in [1.82, 2.24) is 19.7 Å². The monoisotopic (exact) mass is 513 g/mol. The van der Waals surface area contributed by atoms with Gasteiger partial charge in [0, 0.05) is 6.92 Å². The number of nitrogens with zero attached hydrogens (tertiary/aromatic N) is 4. The van der Waals surface area contributed by atoms with Crippen molar-refractivity contribution in [1.29, 1.82) is 0 Å². The molecule has 13 nitrogen and oxygen atoms in total. The summed E-state index contributed by atoms with van der Waals surface area (Å²) in [5, 5.41) is 17.1. The van der Waals surface area contributed by atoms with Gasteiger partial charge in [-0.1, -0.05) is 0 Å². The van der Waals surface area contributed by atoms with Crippen molar-refractivity contribution < 1.29 is 38.4 Å². The van der Waals surface area contributed by atoms with Gasteiger partial charge in [-0.05, 0) is 46.2 Å². The van der Waals surface area contributed by atoms with Crippen LogP contribution in [0.1, 0.15) is 47.8 Å². The lowest BCUT2D eigenvalue weighted by Crippen LogP contribution is -2.53. The van der Waals surface area contributed by atoms with Crippen molar-refractivity contribution in [2.75, 3.05) is 18.5 Å². The van der Waals surface area contributed by atoms with E-state index in [-0.39, 0.29) is 23.4 Å². The first kappa shape index (κ1) is 25.5. The number of hydrogen-bond acceptors (Lipinski definition) is 11. The Morgan fingerprint density at radius 1 is 1.34 bits per heavy atom. The minimum Gasteiger partial charge on any atom is -0.454 e. The number of carbonyl (C=O) groups excluding carboxylic acids is 2. The second kappa shape index (κ2) is 8.82. The van der Waals surface area contributed by atoms with Crippen LogP contribution in [-0.2, 0) is 28.5 Å². The molecule has 2 aliphatic rings. The molecule has 0 unspecified atom stereocenters. The molecule has 2 aliphatic heterocycles. The van der Waals surface area contributed by atoms with E-state index in [1.807, 2.05) is 0 Å². The number of anilines is 1. The molecule has 2 saturated heterocycles. The van der Waals surface area contributed by atoms with Gasteiger partial charge in [-0.3, -0.25) is 10.1 Å². The van der Waals surface area contributed by atoms with Crippen molar-refractivity contribution in [3.8, 4) is 0 Å². The normalized spacial score (nSPS) is 27.9. The molecule has 2 N–H and O–H groups in total. The third kappa shape index (κ3) is 4.91. The van der Waals surface area contributed by atoms with Crippen LogP contribution < -0.4 is 5.32 Å². The summed E-state index contributed by atoms with van der Waals surface area (Å²) < 4.78 is 30.2. The highest BCUT2D eigenvalue weighted by molar-refractivity contribution is 6.28. The molecule has 0 aromatic carbocycles. The first-order valence-electron chi connectivity index (χ1n) is 10.9. The van der Waals surface area contributed by atoms with Crippen molar-refractivity contribution in [2.24, 2.45) is 0 Å². The molecular weight excluding hydrogens is 486 g/mol. The van der Waals surface area contributed by atoms with Crippen LogP contribution in [0, 0.1) is 0 Å². The molecule has 0 radical (unpaired) electrons. The summed E-state index contributed by atoms with van der Waals surface area (Å²) in [5.41, 5.74) is -1.85. The van der Waals surface area contributed by atoms with Crippen LogP contribution in [-0.4, -0.2) is 79.3 Å². The number of esters is 1. The molecule has 2 aromatic rings. The van der Waals surface area contributed by atoms with Crippen LogP contribution in [0.2, 0.25) is 5.28 Å². The van der Waals surface area contributed by atoms with Gasteiger partial charge < -0.3 is 28.8 Å². The lowest BCUT2D eigenvalue weighted by atomic mass is 9.93. The fraction of sp³-hybridized carbons (Fsp3) is 0.667. The maximum Gasteiger partial charge on any atom is 0.413 e. The van der Waals surface area contributed by atoms with Crippen LogP contribution in [0.15, 0.2) is 6.20 Å². The molecule has 1 amide bonds.